The van der Waals surface area contributed by atoms with Gasteiger partial charge in [-0.1, -0.05) is 12.1 Å². The summed E-state index contributed by atoms with van der Waals surface area (Å²) in [6.45, 7) is 0.762. The third-order valence-corrected chi connectivity index (χ3v) is 3.01. The van der Waals surface area contributed by atoms with Gasteiger partial charge in [0.1, 0.15) is 0 Å². The number of halogens is 1. The summed E-state index contributed by atoms with van der Waals surface area (Å²) >= 11 is 0. The van der Waals surface area contributed by atoms with E-state index in [0.29, 0.717) is 5.69 Å². The van der Waals surface area contributed by atoms with Gasteiger partial charge in [0.15, 0.2) is 11.6 Å². The minimum atomic E-state index is -0.561. The lowest BCUT2D eigenvalue weighted by Crippen LogP contribution is -2.12. The molecule has 0 aliphatic carbocycles. The first-order valence-electron chi connectivity index (χ1n) is 6.52. The van der Waals surface area contributed by atoms with Crippen molar-refractivity contribution >= 4 is 11.6 Å². The van der Waals surface area contributed by atoms with E-state index in [0.717, 1.165) is 18.2 Å². The average Bonchev–Trinajstić information content (AvgIpc) is 2.49. The van der Waals surface area contributed by atoms with Crippen LogP contribution in [-0.2, 0) is 6.54 Å². The van der Waals surface area contributed by atoms with E-state index in [1.165, 1.54) is 19.2 Å². The monoisotopic (exact) mass is 288 g/mol. The number of anilines is 1. The molecule has 0 spiro atoms. The highest BCUT2D eigenvalue weighted by Crippen LogP contribution is 2.19. The van der Waals surface area contributed by atoms with E-state index in [2.05, 4.69) is 10.6 Å². The van der Waals surface area contributed by atoms with Crippen molar-refractivity contribution in [1.82, 2.24) is 5.32 Å². The number of amides is 1. The molecular weight excluding hydrogens is 271 g/mol. The number of carbonyl (C=O) groups excluding carboxylic acids is 1. The molecule has 110 valence electrons. The van der Waals surface area contributed by atoms with Crippen molar-refractivity contribution in [2.75, 3.05) is 19.5 Å². The second-order valence-electron chi connectivity index (χ2n) is 4.53. The lowest BCUT2D eigenvalue weighted by molar-refractivity contribution is 0.102. The van der Waals surface area contributed by atoms with Gasteiger partial charge in [-0.05, 0) is 42.9 Å². The summed E-state index contributed by atoms with van der Waals surface area (Å²) in [6, 6.07) is 11.6. The van der Waals surface area contributed by atoms with Gasteiger partial charge < -0.3 is 15.4 Å². The fourth-order valence-corrected chi connectivity index (χ4v) is 1.92. The second kappa shape index (κ2) is 6.85. The van der Waals surface area contributed by atoms with E-state index in [1.54, 1.807) is 0 Å². The molecule has 2 rings (SSSR count). The Morgan fingerprint density at radius 2 is 1.90 bits per heavy atom. The summed E-state index contributed by atoms with van der Waals surface area (Å²) in [6.07, 6.45) is 0. The molecule has 2 aromatic rings. The van der Waals surface area contributed by atoms with Gasteiger partial charge in [0.05, 0.1) is 7.11 Å². The van der Waals surface area contributed by atoms with Crippen LogP contribution < -0.4 is 15.4 Å². The Morgan fingerprint density at radius 3 is 2.48 bits per heavy atom. The molecule has 2 N–H and O–H groups in total. The Hall–Kier alpha value is -2.40. The van der Waals surface area contributed by atoms with Crippen molar-refractivity contribution in [3.8, 4) is 5.75 Å². The van der Waals surface area contributed by atoms with Gasteiger partial charge in [0.2, 0.25) is 0 Å². The lowest BCUT2D eigenvalue weighted by Gasteiger charge is -2.08. The van der Waals surface area contributed by atoms with E-state index in [1.807, 2.05) is 31.3 Å². The van der Waals surface area contributed by atoms with Crippen molar-refractivity contribution in [3.05, 3.63) is 59.4 Å². The molecule has 4 nitrogen and oxygen atoms in total. The number of benzene rings is 2. The van der Waals surface area contributed by atoms with Crippen molar-refractivity contribution in [2.45, 2.75) is 6.54 Å². The molecule has 0 saturated heterocycles. The highest BCUT2D eigenvalue weighted by atomic mass is 19.1. The number of carbonyl (C=O) groups is 1. The van der Waals surface area contributed by atoms with Gasteiger partial charge in [-0.3, -0.25) is 4.79 Å². The van der Waals surface area contributed by atoms with E-state index >= 15 is 0 Å². The number of nitrogens with one attached hydrogen (secondary N) is 2. The molecule has 0 heterocycles. The number of hydrogen-bond donors (Lipinski definition) is 2. The maximum absolute atomic E-state index is 13.6. The van der Waals surface area contributed by atoms with Crippen molar-refractivity contribution in [3.63, 3.8) is 0 Å². The standard InChI is InChI=1S/C16H17FN2O2/c1-18-10-11-3-6-13(7-4-11)19-16(20)12-5-8-15(21-2)14(17)9-12/h3-9,18H,10H2,1-2H3,(H,19,20). The third kappa shape index (κ3) is 3.79. The molecule has 2 aromatic carbocycles. The normalized spacial score (nSPS) is 10.2. The van der Waals surface area contributed by atoms with Crippen LogP contribution in [0.3, 0.4) is 0 Å². The van der Waals surface area contributed by atoms with Gasteiger partial charge in [-0.15, -0.1) is 0 Å². The Kier molecular flexibility index (Phi) is 4.90. The Balaban J connectivity index is 2.08. The van der Waals surface area contributed by atoms with Crippen molar-refractivity contribution < 1.29 is 13.9 Å². The summed E-state index contributed by atoms with van der Waals surface area (Å²) in [5.41, 5.74) is 2.02. The molecule has 1 amide bonds. The first-order chi connectivity index (χ1) is 10.1. The van der Waals surface area contributed by atoms with Crippen LogP contribution in [0.25, 0.3) is 0 Å². The second-order valence-corrected chi connectivity index (χ2v) is 4.53. The molecule has 0 fully saturated rings. The first-order valence-corrected chi connectivity index (χ1v) is 6.52. The number of rotatable bonds is 5. The van der Waals surface area contributed by atoms with Gasteiger partial charge in [-0.25, -0.2) is 4.39 Å². The van der Waals surface area contributed by atoms with Gasteiger partial charge >= 0.3 is 0 Å². The molecule has 0 unspecified atom stereocenters. The minimum absolute atomic E-state index is 0.114. The summed E-state index contributed by atoms with van der Waals surface area (Å²) in [4.78, 5) is 12.0. The van der Waals surface area contributed by atoms with Crippen LogP contribution in [0.4, 0.5) is 10.1 Å². The zero-order valence-corrected chi connectivity index (χ0v) is 11.9. The molecule has 0 saturated carbocycles. The van der Waals surface area contributed by atoms with E-state index in [4.69, 9.17) is 4.74 Å². The predicted molar refractivity (Wildman–Crippen MR) is 80.1 cm³/mol. The third-order valence-electron chi connectivity index (χ3n) is 3.01. The largest absolute Gasteiger partial charge is 0.494 e. The fraction of sp³-hybridized carbons (Fsp3) is 0.188. The first kappa shape index (κ1) is 15.0. The SMILES string of the molecule is CNCc1ccc(NC(=O)c2ccc(OC)c(F)c2)cc1. The molecule has 0 aliphatic heterocycles. The quantitative estimate of drug-likeness (QED) is 0.889. The Labute approximate surface area is 122 Å². The van der Waals surface area contributed by atoms with E-state index in [-0.39, 0.29) is 17.2 Å². The minimum Gasteiger partial charge on any atom is -0.494 e. The summed E-state index contributed by atoms with van der Waals surface area (Å²) in [5, 5.41) is 5.77. The van der Waals surface area contributed by atoms with Crippen LogP contribution in [-0.4, -0.2) is 20.1 Å². The van der Waals surface area contributed by atoms with Crippen LogP contribution in [0.5, 0.6) is 5.75 Å². The van der Waals surface area contributed by atoms with Crippen molar-refractivity contribution in [1.29, 1.82) is 0 Å². The van der Waals surface area contributed by atoms with Gasteiger partial charge in [-0.2, -0.15) is 0 Å². The zero-order chi connectivity index (χ0) is 15.2. The van der Waals surface area contributed by atoms with Crippen molar-refractivity contribution in [2.24, 2.45) is 0 Å². The number of ether oxygens (including phenoxy) is 1. The fourth-order valence-electron chi connectivity index (χ4n) is 1.92. The van der Waals surface area contributed by atoms with Crippen LogP contribution in [0, 0.1) is 5.82 Å². The highest BCUT2D eigenvalue weighted by Gasteiger charge is 2.10. The molecule has 0 radical (unpaired) electrons. The maximum atomic E-state index is 13.6. The molecule has 0 atom stereocenters. The van der Waals surface area contributed by atoms with Crippen LogP contribution in [0.2, 0.25) is 0 Å². The molecule has 0 aromatic heterocycles. The topological polar surface area (TPSA) is 50.4 Å². The van der Waals surface area contributed by atoms with Gasteiger partial charge in [0, 0.05) is 17.8 Å². The van der Waals surface area contributed by atoms with E-state index < -0.39 is 5.82 Å². The molecular formula is C16H17FN2O2. The zero-order valence-electron chi connectivity index (χ0n) is 11.9. The van der Waals surface area contributed by atoms with Crippen LogP contribution in [0.1, 0.15) is 15.9 Å². The molecule has 0 bridgehead atoms. The highest BCUT2D eigenvalue weighted by molar-refractivity contribution is 6.04. The maximum Gasteiger partial charge on any atom is 0.255 e. The smallest absolute Gasteiger partial charge is 0.255 e. The lowest BCUT2D eigenvalue weighted by atomic mass is 10.1. The molecule has 5 heteroatoms. The Bertz CT molecular complexity index is 627. The van der Waals surface area contributed by atoms with E-state index in [9.17, 15) is 9.18 Å². The molecule has 21 heavy (non-hydrogen) atoms. The Morgan fingerprint density at radius 1 is 1.19 bits per heavy atom. The summed E-state index contributed by atoms with van der Waals surface area (Å²) < 4.78 is 18.4. The summed E-state index contributed by atoms with van der Waals surface area (Å²) in [7, 11) is 3.25. The van der Waals surface area contributed by atoms with Gasteiger partial charge in [0.25, 0.3) is 5.91 Å². The molecule has 0 aliphatic rings. The number of methoxy groups -OCH3 is 1. The number of hydrogen-bond acceptors (Lipinski definition) is 3. The predicted octanol–water partition coefficient (Wildman–Crippen LogP) is 2.81. The van der Waals surface area contributed by atoms with Crippen LogP contribution >= 0.6 is 0 Å². The summed E-state index contributed by atoms with van der Waals surface area (Å²) in [5.74, 6) is -0.810. The average molecular weight is 288 g/mol. The van der Waals surface area contributed by atoms with Crippen LogP contribution in [0.15, 0.2) is 42.5 Å².